The number of nitrogens with zero attached hydrogens (tertiary/aromatic N) is 2. The Labute approximate surface area is 326 Å². The molecule has 262 valence electrons. The normalized spacial score (nSPS) is 11.5. The van der Waals surface area contributed by atoms with E-state index in [2.05, 4.69) is 13.8 Å². The van der Waals surface area contributed by atoms with E-state index in [4.69, 9.17) is 0 Å². The van der Waals surface area contributed by atoms with E-state index in [9.17, 15) is 35.5 Å². The van der Waals surface area contributed by atoms with Gasteiger partial charge in [0.2, 0.25) is 11.8 Å². The first-order valence-corrected chi connectivity index (χ1v) is 20.5. The van der Waals surface area contributed by atoms with E-state index in [-0.39, 0.29) is 110 Å². The van der Waals surface area contributed by atoms with Crippen LogP contribution < -0.4 is 59.1 Å². The number of carbonyl (C=O) groups is 2. The molecule has 0 rings (SSSR count). The fourth-order valence-corrected chi connectivity index (χ4v) is 6.28. The average molecular weight is 713 g/mol. The molecule has 0 N–H and O–H groups in total. The molecule has 0 aliphatic carbocycles. The van der Waals surface area contributed by atoms with Gasteiger partial charge in [0.1, 0.15) is 0 Å². The van der Waals surface area contributed by atoms with Crippen molar-refractivity contribution >= 4 is 32.1 Å². The van der Waals surface area contributed by atoms with Crippen LogP contribution in [-0.2, 0) is 29.8 Å². The Bertz CT molecular complexity index is 878. The Balaban J connectivity index is -0.00000924. The van der Waals surface area contributed by atoms with Crippen LogP contribution in [0.2, 0.25) is 0 Å². The minimum absolute atomic E-state index is 0. The fourth-order valence-electron chi connectivity index (χ4n) is 5.32. The van der Waals surface area contributed by atoms with Gasteiger partial charge in [-0.15, -0.1) is 0 Å². The molecule has 0 spiro atoms. The van der Waals surface area contributed by atoms with Crippen LogP contribution in [0.3, 0.4) is 0 Å². The average Bonchev–Trinajstić information content (AvgIpc) is 2.94. The van der Waals surface area contributed by atoms with Crippen LogP contribution in [0.5, 0.6) is 0 Å². The number of hydrogen-bond donors (Lipinski definition) is 0. The van der Waals surface area contributed by atoms with Crippen molar-refractivity contribution in [3.05, 3.63) is 0 Å². The monoisotopic (exact) mass is 712 g/mol. The summed E-state index contributed by atoms with van der Waals surface area (Å²) < 4.78 is 66.8. The van der Waals surface area contributed by atoms with Gasteiger partial charge in [-0.2, -0.15) is 0 Å². The van der Waals surface area contributed by atoms with Crippen LogP contribution in [0.25, 0.3) is 0 Å². The molecule has 0 aliphatic rings. The topological polar surface area (TPSA) is 155 Å². The number of hydrogen-bond acceptors (Lipinski definition) is 8. The second kappa shape index (κ2) is 32.9. The summed E-state index contributed by atoms with van der Waals surface area (Å²) in [5.41, 5.74) is 0. The van der Waals surface area contributed by atoms with Crippen LogP contribution in [0.15, 0.2) is 0 Å². The maximum absolute atomic E-state index is 13.1. The van der Waals surface area contributed by atoms with E-state index in [1.807, 2.05) is 0 Å². The standard InChI is InChI=1S/C32H64N2O8S2.2Na/c1-3-5-7-9-11-13-15-17-19-23-31(35)33(25-21-29-43(37,38)39)27-28-34(26-22-30-44(40,41)42)32(36)24-20-18-16-14-12-10-8-6-4-2;;/h3-30H2,1-2H3,(H,37,38,39)(H,40,41,42);;/q;2*+1/p-2. The summed E-state index contributed by atoms with van der Waals surface area (Å²) in [6, 6.07) is 0. The zero-order chi connectivity index (χ0) is 33.1. The van der Waals surface area contributed by atoms with Gasteiger partial charge in [-0.1, -0.05) is 117 Å². The molecule has 0 radical (unpaired) electrons. The Kier molecular flexibility index (Phi) is 36.6. The van der Waals surface area contributed by atoms with E-state index >= 15 is 0 Å². The molecule has 0 bridgehead atoms. The van der Waals surface area contributed by atoms with Gasteiger partial charge in [-0.05, 0) is 25.7 Å². The van der Waals surface area contributed by atoms with E-state index < -0.39 is 31.7 Å². The molecular formula is C32H62N2Na2O8S2. The predicted octanol–water partition coefficient (Wildman–Crippen LogP) is 0.364. The second-order valence-electron chi connectivity index (χ2n) is 12.1. The van der Waals surface area contributed by atoms with E-state index in [1.165, 1.54) is 74.0 Å². The van der Waals surface area contributed by atoms with Crippen molar-refractivity contribution in [2.75, 3.05) is 37.7 Å². The van der Waals surface area contributed by atoms with Gasteiger partial charge in [0.25, 0.3) is 0 Å². The summed E-state index contributed by atoms with van der Waals surface area (Å²) in [7, 11) is -8.83. The number of carbonyl (C=O) groups excluding carboxylic acids is 2. The molecule has 10 nitrogen and oxygen atoms in total. The molecule has 0 heterocycles. The molecule has 2 amide bonds. The van der Waals surface area contributed by atoms with Crippen molar-refractivity contribution < 1.29 is 94.6 Å². The first-order valence-electron chi connectivity index (χ1n) is 17.3. The minimum atomic E-state index is -4.41. The van der Waals surface area contributed by atoms with Crippen molar-refractivity contribution in [1.29, 1.82) is 0 Å². The number of rotatable bonds is 31. The van der Waals surface area contributed by atoms with Crippen LogP contribution in [0.1, 0.15) is 155 Å². The van der Waals surface area contributed by atoms with E-state index in [1.54, 1.807) is 0 Å². The van der Waals surface area contributed by atoms with Gasteiger partial charge in [0.15, 0.2) is 0 Å². The van der Waals surface area contributed by atoms with Crippen molar-refractivity contribution in [2.24, 2.45) is 0 Å². The van der Waals surface area contributed by atoms with Gasteiger partial charge in [0.05, 0.1) is 20.2 Å². The zero-order valence-electron chi connectivity index (χ0n) is 29.8. The third-order valence-electron chi connectivity index (χ3n) is 7.98. The smallest absolute Gasteiger partial charge is 0.748 e. The molecule has 14 heteroatoms. The van der Waals surface area contributed by atoms with Gasteiger partial charge < -0.3 is 18.9 Å². The molecule has 0 fully saturated rings. The molecule has 0 saturated heterocycles. The van der Waals surface area contributed by atoms with Crippen LogP contribution in [0.4, 0.5) is 0 Å². The minimum Gasteiger partial charge on any atom is -0.748 e. The fraction of sp³-hybridized carbons (Fsp3) is 0.938. The van der Waals surface area contributed by atoms with Crippen LogP contribution in [0, 0.1) is 0 Å². The number of unbranched alkanes of at least 4 members (excludes halogenated alkanes) is 16. The molecule has 0 unspecified atom stereocenters. The Morgan fingerprint density at radius 3 is 0.957 bits per heavy atom. The van der Waals surface area contributed by atoms with Gasteiger partial charge in [0, 0.05) is 50.5 Å². The molecule has 0 aliphatic heterocycles. The zero-order valence-corrected chi connectivity index (χ0v) is 35.4. The first kappa shape index (κ1) is 51.1. The molecule has 0 atom stereocenters. The molecule has 46 heavy (non-hydrogen) atoms. The van der Waals surface area contributed by atoms with Crippen LogP contribution >= 0.6 is 0 Å². The third-order valence-corrected chi connectivity index (χ3v) is 9.56. The van der Waals surface area contributed by atoms with Gasteiger partial charge in [-0.25, -0.2) is 16.8 Å². The van der Waals surface area contributed by atoms with E-state index in [0.29, 0.717) is 25.7 Å². The van der Waals surface area contributed by atoms with Crippen molar-refractivity contribution in [3.63, 3.8) is 0 Å². The largest absolute Gasteiger partial charge is 1.00 e. The summed E-state index contributed by atoms with van der Waals surface area (Å²) >= 11 is 0. The molecule has 0 saturated carbocycles. The van der Waals surface area contributed by atoms with E-state index in [0.717, 1.165) is 38.5 Å². The summed E-state index contributed by atoms with van der Waals surface area (Å²) in [6.45, 7) is 4.87. The first-order chi connectivity index (χ1) is 20.9. The Morgan fingerprint density at radius 2 is 0.696 bits per heavy atom. The molecule has 0 aromatic carbocycles. The molecular weight excluding hydrogens is 650 g/mol. The summed E-state index contributed by atoms with van der Waals surface area (Å²) in [4.78, 5) is 29.2. The molecule has 0 aromatic rings. The number of amides is 2. The summed E-state index contributed by atoms with van der Waals surface area (Å²) in [6.07, 6.45) is 20.6. The van der Waals surface area contributed by atoms with Crippen LogP contribution in [-0.4, -0.2) is 85.2 Å². The SMILES string of the molecule is CCCCCCCCCCCC(=O)N(CCCS(=O)(=O)[O-])CCN(CCCS(=O)(=O)[O-])C(=O)CCCCCCCCCCC.[Na+].[Na+]. The van der Waals surface area contributed by atoms with Gasteiger partial charge in [-0.3, -0.25) is 9.59 Å². The summed E-state index contributed by atoms with van der Waals surface area (Å²) in [5.74, 6) is -1.44. The van der Waals surface area contributed by atoms with Gasteiger partial charge >= 0.3 is 59.1 Å². The quantitative estimate of drug-likeness (QED) is 0.0568. The van der Waals surface area contributed by atoms with Crippen molar-refractivity contribution in [1.82, 2.24) is 9.80 Å². The maximum Gasteiger partial charge on any atom is 1.00 e. The Hall–Kier alpha value is 0.760. The Morgan fingerprint density at radius 1 is 0.435 bits per heavy atom. The molecule has 0 aromatic heterocycles. The second-order valence-corrected chi connectivity index (χ2v) is 15.2. The predicted molar refractivity (Wildman–Crippen MR) is 175 cm³/mol. The maximum atomic E-state index is 13.1. The van der Waals surface area contributed by atoms with Crippen molar-refractivity contribution in [2.45, 2.75) is 155 Å². The third kappa shape index (κ3) is 34.6. The summed E-state index contributed by atoms with van der Waals surface area (Å²) in [5, 5.41) is 0. The van der Waals surface area contributed by atoms with Crippen molar-refractivity contribution in [3.8, 4) is 0 Å².